The number of hydrazone groups is 1. The first-order valence-corrected chi connectivity index (χ1v) is 8.18. The van der Waals surface area contributed by atoms with Gasteiger partial charge in [0.2, 0.25) is 0 Å². The predicted molar refractivity (Wildman–Crippen MR) is 76.1 cm³/mol. The van der Waals surface area contributed by atoms with Crippen LogP contribution in [0.3, 0.4) is 0 Å². The molecular weight excluding hydrogens is 335 g/mol. The Morgan fingerprint density at radius 1 is 1.39 bits per heavy atom. The van der Waals surface area contributed by atoms with E-state index in [1.165, 1.54) is 6.21 Å². The van der Waals surface area contributed by atoms with Crippen LogP contribution in [0.25, 0.3) is 0 Å². The highest BCUT2D eigenvalue weighted by Crippen LogP contribution is 2.33. The summed E-state index contributed by atoms with van der Waals surface area (Å²) in [6.07, 6.45) is -2.65. The van der Waals surface area contributed by atoms with Crippen molar-refractivity contribution in [1.82, 2.24) is 9.73 Å². The standard InChI is InChI=1S/C13H14F3N3O3S/c1-2-9-7-17-19(8-9)12(20)18-23(21,22)11-6-4-3-5-10(11)13(14,15)16/h3-7,9H,2,8H2,1H3,(H,18,20). The molecule has 0 aliphatic carbocycles. The van der Waals surface area contributed by atoms with Crippen molar-refractivity contribution in [2.75, 3.05) is 6.54 Å². The van der Waals surface area contributed by atoms with E-state index >= 15 is 0 Å². The Kier molecular flexibility index (Phi) is 4.64. The van der Waals surface area contributed by atoms with Gasteiger partial charge in [0.25, 0.3) is 10.0 Å². The van der Waals surface area contributed by atoms with Crippen LogP contribution in [-0.2, 0) is 16.2 Å². The molecule has 1 N–H and O–H groups in total. The van der Waals surface area contributed by atoms with Gasteiger partial charge < -0.3 is 0 Å². The van der Waals surface area contributed by atoms with Gasteiger partial charge in [-0.2, -0.15) is 18.3 Å². The van der Waals surface area contributed by atoms with E-state index in [9.17, 15) is 26.4 Å². The lowest BCUT2D eigenvalue weighted by atomic mass is 10.1. The van der Waals surface area contributed by atoms with E-state index in [0.29, 0.717) is 12.5 Å². The molecule has 1 aliphatic rings. The Labute approximate surface area is 131 Å². The molecule has 0 saturated heterocycles. The molecule has 2 amide bonds. The summed E-state index contributed by atoms with van der Waals surface area (Å²) in [4.78, 5) is 10.9. The molecule has 0 saturated carbocycles. The van der Waals surface area contributed by atoms with E-state index in [1.54, 1.807) is 4.72 Å². The highest BCUT2D eigenvalue weighted by atomic mass is 32.2. The zero-order valence-electron chi connectivity index (χ0n) is 12.0. The number of carbonyl (C=O) groups is 1. The molecule has 0 radical (unpaired) electrons. The smallest absolute Gasteiger partial charge is 0.246 e. The minimum atomic E-state index is -4.85. The highest BCUT2D eigenvalue weighted by Gasteiger charge is 2.38. The van der Waals surface area contributed by atoms with Crippen LogP contribution in [0.15, 0.2) is 34.3 Å². The highest BCUT2D eigenvalue weighted by molar-refractivity contribution is 7.90. The van der Waals surface area contributed by atoms with Gasteiger partial charge in [0.05, 0.1) is 17.0 Å². The lowest BCUT2D eigenvalue weighted by molar-refractivity contribution is -0.139. The molecule has 0 bridgehead atoms. The van der Waals surface area contributed by atoms with Crippen LogP contribution in [0, 0.1) is 5.92 Å². The van der Waals surface area contributed by atoms with Crippen molar-refractivity contribution in [2.45, 2.75) is 24.4 Å². The van der Waals surface area contributed by atoms with Gasteiger partial charge in [0.1, 0.15) is 0 Å². The molecule has 1 unspecified atom stereocenters. The molecule has 1 aliphatic heterocycles. The van der Waals surface area contributed by atoms with Gasteiger partial charge in [-0.15, -0.1) is 0 Å². The predicted octanol–water partition coefficient (Wildman–Crippen LogP) is 2.43. The molecule has 1 aromatic rings. The van der Waals surface area contributed by atoms with Crippen LogP contribution in [0.1, 0.15) is 18.9 Å². The summed E-state index contributed by atoms with van der Waals surface area (Å²) >= 11 is 0. The zero-order chi connectivity index (χ0) is 17.3. The summed E-state index contributed by atoms with van der Waals surface area (Å²) < 4.78 is 64.5. The lowest BCUT2D eigenvalue weighted by Gasteiger charge is -2.17. The fourth-order valence-electron chi connectivity index (χ4n) is 2.02. The summed E-state index contributed by atoms with van der Waals surface area (Å²) in [5.74, 6) is -0.00841. The van der Waals surface area contributed by atoms with Crippen molar-refractivity contribution in [3.8, 4) is 0 Å². The molecule has 0 spiro atoms. The van der Waals surface area contributed by atoms with Gasteiger partial charge in [-0.25, -0.2) is 22.9 Å². The summed E-state index contributed by atoms with van der Waals surface area (Å²) in [7, 11) is -4.67. The fourth-order valence-corrected chi connectivity index (χ4v) is 3.20. The van der Waals surface area contributed by atoms with Crippen molar-refractivity contribution < 1.29 is 26.4 Å². The van der Waals surface area contributed by atoms with Crippen LogP contribution in [0.2, 0.25) is 0 Å². The number of amides is 2. The van der Waals surface area contributed by atoms with Crippen LogP contribution < -0.4 is 4.72 Å². The third kappa shape index (κ3) is 3.81. The maximum atomic E-state index is 12.9. The normalized spacial score (nSPS) is 18.3. The SMILES string of the molecule is CCC1C=NN(C(=O)NS(=O)(=O)c2ccccc2C(F)(F)F)C1. The molecule has 0 aromatic heterocycles. The Hall–Kier alpha value is -2.10. The molecule has 2 rings (SSSR count). The maximum Gasteiger partial charge on any atom is 0.417 e. The van der Waals surface area contributed by atoms with E-state index in [0.717, 1.165) is 23.2 Å². The molecule has 1 heterocycles. The van der Waals surface area contributed by atoms with Crippen LogP contribution in [0.4, 0.5) is 18.0 Å². The van der Waals surface area contributed by atoms with Crippen molar-refractivity contribution in [2.24, 2.45) is 11.0 Å². The van der Waals surface area contributed by atoms with Crippen molar-refractivity contribution >= 4 is 22.3 Å². The average molecular weight is 349 g/mol. The van der Waals surface area contributed by atoms with Gasteiger partial charge in [-0.1, -0.05) is 19.1 Å². The van der Waals surface area contributed by atoms with Crippen LogP contribution in [-0.4, -0.2) is 32.2 Å². The van der Waals surface area contributed by atoms with Gasteiger partial charge in [0, 0.05) is 12.1 Å². The number of alkyl halides is 3. The summed E-state index contributed by atoms with van der Waals surface area (Å²) in [5.41, 5.74) is -1.34. The zero-order valence-corrected chi connectivity index (χ0v) is 12.9. The first-order chi connectivity index (χ1) is 10.6. The number of rotatable bonds is 3. The first-order valence-electron chi connectivity index (χ1n) is 6.69. The molecule has 126 valence electrons. The number of benzene rings is 1. The third-order valence-corrected chi connectivity index (χ3v) is 4.67. The molecule has 23 heavy (non-hydrogen) atoms. The summed E-state index contributed by atoms with van der Waals surface area (Å²) in [6, 6.07) is 2.56. The minimum absolute atomic E-state index is 0.00841. The van der Waals surface area contributed by atoms with Gasteiger partial charge in [-0.3, -0.25) is 0 Å². The molecule has 1 atom stereocenters. The molecule has 0 fully saturated rings. The van der Waals surface area contributed by atoms with Crippen molar-refractivity contribution in [3.05, 3.63) is 29.8 Å². The third-order valence-electron chi connectivity index (χ3n) is 3.29. The number of sulfonamides is 1. The van der Waals surface area contributed by atoms with Crippen LogP contribution in [0.5, 0.6) is 0 Å². The number of hydrogen-bond acceptors (Lipinski definition) is 4. The molecular formula is C13H14F3N3O3S. The van der Waals surface area contributed by atoms with Crippen molar-refractivity contribution in [3.63, 3.8) is 0 Å². The Morgan fingerprint density at radius 3 is 2.61 bits per heavy atom. The lowest BCUT2D eigenvalue weighted by Crippen LogP contribution is -2.40. The van der Waals surface area contributed by atoms with E-state index in [1.807, 2.05) is 6.92 Å². The minimum Gasteiger partial charge on any atom is -0.246 e. The first kappa shape index (κ1) is 17.3. The Balaban J connectivity index is 2.24. The average Bonchev–Trinajstić information content (AvgIpc) is 2.95. The molecule has 1 aromatic carbocycles. The van der Waals surface area contributed by atoms with E-state index in [2.05, 4.69) is 5.10 Å². The quantitative estimate of drug-likeness (QED) is 0.910. The molecule has 10 heteroatoms. The second-order valence-electron chi connectivity index (χ2n) is 4.92. The maximum absolute atomic E-state index is 12.9. The monoisotopic (exact) mass is 349 g/mol. The number of hydrogen-bond donors (Lipinski definition) is 1. The Morgan fingerprint density at radius 2 is 2.04 bits per heavy atom. The second kappa shape index (κ2) is 6.19. The topological polar surface area (TPSA) is 78.8 Å². The van der Waals surface area contributed by atoms with Crippen LogP contribution >= 0.6 is 0 Å². The van der Waals surface area contributed by atoms with Gasteiger partial charge in [0.15, 0.2) is 0 Å². The van der Waals surface area contributed by atoms with E-state index in [4.69, 9.17) is 0 Å². The van der Waals surface area contributed by atoms with Crippen molar-refractivity contribution in [1.29, 1.82) is 0 Å². The van der Waals surface area contributed by atoms with E-state index < -0.39 is 32.7 Å². The fraction of sp³-hybridized carbons (Fsp3) is 0.385. The van der Waals surface area contributed by atoms with E-state index in [-0.39, 0.29) is 12.5 Å². The number of nitrogens with one attached hydrogen (secondary N) is 1. The Bertz CT molecular complexity index is 731. The number of nitrogens with zero attached hydrogens (tertiary/aromatic N) is 2. The largest absolute Gasteiger partial charge is 0.417 e. The summed E-state index contributed by atoms with van der Waals surface area (Å²) in [6.45, 7) is 2.05. The summed E-state index contributed by atoms with van der Waals surface area (Å²) in [5, 5.41) is 4.62. The number of urea groups is 1. The number of carbonyl (C=O) groups excluding carboxylic acids is 1. The van der Waals surface area contributed by atoms with Gasteiger partial charge in [-0.05, 0) is 18.6 Å². The van der Waals surface area contributed by atoms with Gasteiger partial charge >= 0.3 is 12.2 Å². The number of halogens is 3. The second-order valence-corrected chi connectivity index (χ2v) is 6.57. The molecule has 6 nitrogen and oxygen atoms in total.